The van der Waals surface area contributed by atoms with Gasteiger partial charge in [0.05, 0.1) is 0 Å². The van der Waals surface area contributed by atoms with Gasteiger partial charge in [0.2, 0.25) is 0 Å². The Morgan fingerprint density at radius 3 is 2.53 bits per heavy atom. The van der Waals surface area contributed by atoms with Crippen LogP contribution in [0.25, 0.3) is 0 Å². The normalized spacial score (nSPS) is 13.2. The monoisotopic (exact) mass is 274 g/mol. The second-order valence-corrected chi connectivity index (χ2v) is 5.00. The zero-order valence-electron chi connectivity index (χ0n) is 11.6. The van der Waals surface area contributed by atoms with Crippen LogP contribution in [-0.4, -0.2) is 26.3 Å². The maximum absolute atomic E-state index is 12.0. The molecule has 0 saturated carbocycles. The summed E-state index contributed by atoms with van der Waals surface area (Å²) >= 11 is 0. The van der Waals surface area contributed by atoms with Crippen molar-refractivity contribution in [3.8, 4) is 0 Å². The van der Waals surface area contributed by atoms with Crippen molar-refractivity contribution in [2.75, 3.05) is 24.3 Å². The van der Waals surface area contributed by atoms with Gasteiger partial charge in [-0.25, -0.2) is 0 Å². The molecular formula is C14H21F3N2. The lowest BCUT2D eigenvalue weighted by molar-refractivity contribution is -0.135. The molecule has 5 heteroatoms. The molecule has 1 atom stereocenters. The van der Waals surface area contributed by atoms with Gasteiger partial charge in [0.25, 0.3) is 0 Å². The first-order chi connectivity index (χ1) is 8.78. The number of alkyl halides is 3. The molecule has 1 aromatic carbocycles. The molecule has 0 heterocycles. The van der Waals surface area contributed by atoms with Crippen molar-refractivity contribution in [2.45, 2.75) is 38.4 Å². The van der Waals surface area contributed by atoms with E-state index in [1.54, 1.807) is 0 Å². The Balaban J connectivity index is 2.44. The average Bonchev–Trinajstić information content (AvgIpc) is 2.27. The van der Waals surface area contributed by atoms with Crippen molar-refractivity contribution in [3.63, 3.8) is 0 Å². The number of hydrogen-bond donors (Lipinski definition) is 1. The maximum atomic E-state index is 12.0. The van der Waals surface area contributed by atoms with Crippen LogP contribution in [-0.2, 0) is 0 Å². The van der Waals surface area contributed by atoms with Gasteiger partial charge >= 0.3 is 6.18 Å². The fourth-order valence-electron chi connectivity index (χ4n) is 1.84. The Kier molecular flexibility index (Phi) is 5.51. The summed E-state index contributed by atoms with van der Waals surface area (Å²) in [6.07, 6.45) is -4.10. The highest BCUT2D eigenvalue weighted by molar-refractivity contribution is 5.57. The zero-order chi connectivity index (χ0) is 14.5. The van der Waals surface area contributed by atoms with Crippen LogP contribution in [0, 0.1) is 0 Å². The van der Waals surface area contributed by atoms with Gasteiger partial charge in [-0.05, 0) is 38.0 Å². The largest absolute Gasteiger partial charge is 0.389 e. The highest BCUT2D eigenvalue weighted by atomic mass is 19.4. The van der Waals surface area contributed by atoms with E-state index in [0.29, 0.717) is 6.42 Å². The second-order valence-electron chi connectivity index (χ2n) is 5.00. The molecule has 0 aromatic heterocycles. The molecular weight excluding hydrogens is 253 g/mol. The predicted molar refractivity (Wildman–Crippen MR) is 73.8 cm³/mol. The summed E-state index contributed by atoms with van der Waals surface area (Å²) in [5, 5.41) is 3.23. The number of anilines is 2. The Bertz CT molecular complexity index is 389. The van der Waals surface area contributed by atoms with Crippen LogP contribution in [0.5, 0.6) is 0 Å². The van der Waals surface area contributed by atoms with Gasteiger partial charge in [0.15, 0.2) is 0 Å². The second kappa shape index (κ2) is 6.68. The van der Waals surface area contributed by atoms with Crippen molar-refractivity contribution < 1.29 is 13.2 Å². The van der Waals surface area contributed by atoms with Crippen LogP contribution in [0.2, 0.25) is 0 Å². The van der Waals surface area contributed by atoms with E-state index in [0.717, 1.165) is 11.4 Å². The fraction of sp³-hybridized carbons (Fsp3) is 0.571. The van der Waals surface area contributed by atoms with Gasteiger partial charge in [-0.1, -0.05) is 6.07 Å². The van der Waals surface area contributed by atoms with E-state index in [-0.39, 0.29) is 12.5 Å². The number of nitrogens with one attached hydrogen (secondary N) is 1. The Morgan fingerprint density at radius 2 is 1.95 bits per heavy atom. The fourth-order valence-corrected chi connectivity index (χ4v) is 1.84. The summed E-state index contributed by atoms with van der Waals surface area (Å²) in [6, 6.07) is 7.85. The molecule has 0 aliphatic carbocycles. The molecule has 0 aliphatic rings. The van der Waals surface area contributed by atoms with Crippen molar-refractivity contribution in [2.24, 2.45) is 0 Å². The van der Waals surface area contributed by atoms with Crippen LogP contribution >= 0.6 is 0 Å². The van der Waals surface area contributed by atoms with Crippen molar-refractivity contribution in [1.82, 2.24) is 0 Å². The molecule has 0 amide bonds. The van der Waals surface area contributed by atoms with Crippen molar-refractivity contribution in [1.29, 1.82) is 0 Å². The summed E-state index contributed by atoms with van der Waals surface area (Å²) in [7, 11) is 3.90. The number of rotatable bonds is 6. The minimum absolute atomic E-state index is 0.0276. The van der Waals surface area contributed by atoms with E-state index in [2.05, 4.69) is 5.32 Å². The van der Waals surface area contributed by atoms with Crippen molar-refractivity contribution in [3.05, 3.63) is 24.3 Å². The summed E-state index contributed by atoms with van der Waals surface area (Å²) in [5.41, 5.74) is 2.00. The van der Waals surface area contributed by atoms with E-state index in [1.807, 2.05) is 50.2 Å². The average molecular weight is 274 g/mol. The first-order valence-corrected chi connectivity index (χ1v) is 6.38. The van der Waals surface area contributed by atoms with Gasteiger partial charge in [-0.2, -0.15) is 13.2 Å². The van der Waals surface area contributed by atoms with E-state index in [1.165, 1.54) is 0 Å². The molecule has 0 bridgehead atoms. The quantitative estimate of drug-likeness (QED) is 0.832. The van der Waals surface area contributed by atoms with Gasteiger partial charge in [-0.3, -0.25) is 0 Å². The Labute approximate surface area is 112 Å². The summed E-state index contributed by atoms with van der Waals surface area (Å²) < 4.78 is 36.1. The summed E-state index contributed by atoms with van der Waals surface area (Å²) in [4.78, 5) is 1.99. The van der Waals surface area contributed by atoms with Crippen LogP contribution in [0.3, 0.4) is 0 Å². The number of nitrogens with zero attached hydrogens (tertiary/aromatic N) is 1. The third-order valence-corrected chi connectivity index (χ3v) is 2.87. The summed E-state index contributed by atoms with van der Waals surface area (Å²) in [6.45, 7) is 1.90. The van der Waals surface area contributed by atoms with Gasteiger partial charge in [-0.15, -0.1) is 0 Å². The maximum Gasteiger partial charge on any atom is 0.389 e. The first kappa shape index (κ1) is 15.7. The predicted octanol–water partition coefficient (Wildman–Crippen LogP) is 4.29. The number of halogens is 3. The van der Waals surface area contributed by atoms with Crippen molar-refractivity contribution >= 4 is 11.4 Å². The molecule has 0 saturated heterocycles. The van der Waals surface area contributed by atoms with E-state index in [4.69, 9.17) is 0 Å². The van der Waals surface area contributed by atoms with Gasteiger partial charge in [0.1, 0.15) is 0 Å². The third kappa shape index (κ3) is 6.36. The molecule has 19 heavy (non-hydrogen) atoms. The topological polar surface area (TPSA) is 15.3 Å². The Hall–Kier alpha value is -1.39. The highest BCUT2D eigenvalue weighted by Gasteiger charge is 2.26. The van der Waals surface area contributed by atoms with Crippen LogP contribution in [0.15, 0.2) is 24.3 Å². The number of hydrogen-bond acceptors (Lipinski definition) is 2. The van der Waals surface area contributed by atoms with E-state index in [9.17, 15) is 13.2 Å². The van der Waals surface area contributed by atoms with Crippen LogP contribution in [0.1, 0.15) is 26.2 Å². The highest BCUT2D eigenvalue weighted by Crippen LogP contribution is 2.24. The third-order valence-electron chi connectivity index (χ3n) is 2.87. The molecule has 1 aromatic rings. The van der Waals surface area contributed by atoms with Crippen LogP contribution < -0.4 is 10.2 Å². The first-order valence-electron chi connectivity index (χ1n) is 6.38. The molecule has 0 fully saturated rings. The molecule has 1 unspecified atom stereocenters. The smallest absolute Gasteiger partial charge is 0.383 e. The zero-order valence-corrected chi connectivity index (χ0v) is 11.6. The Morgan fingerprint density at radius 1 is 1.26 bits per heavy atom. The minimum atomic E-state index is -4.05. The molecule has 1 N–H and O–H groups in total. The van der Waals surface area contributed by atoms with Gasteiger partial charge in [0, 0.05) is 37.9 Å². The molecule has 0 aliphatic heterocycles. The molecule has 108 valence electrons. The lowest BCUT2D eigenvalue weighted by atomic mass is 10.1. The lowest BCUT2D eigenvalue weighted by Crippen LogP contribution is -2.17. The lowest BCUT2D eigenvalue weighted by Gasteiger charge is -2.18. The molecule has 1 rings (SSSR count). The van der Waals surface area contributed by atoms with Gasteiger partial charge < -0.3 is 10.2 Å². The standard InChI is InChI=1S/C14H21F3N2/c1-11(6-5-9-14(15,16)17)18-12-7-4-8-13(10-12)19(2)3/h4,7-8,10-11,18H,5-6,9H2,1-3H3. The number of benzene rings is 1. The van der Waals surface area contributed by atoms with E-state index >= 15 is 0 Å². The summed E-state index contributed by atoms with van der Waals surface area (Å²) in [5.74, 6) is 0. The molecule has 0 radical (unpaired) electrons. The van der Waals surface area contributed by atoms with Crippen LogP contribution in [0.4, 0.5) is 24.5 Å². The van der Waals surface area contributed by atoms with E-state index < -0.39 is 12.6 Å². The SMILES string of the molecule is CC(CCCC(F)(F)F)Nc1cccc(N(C)C)c1. The minimum Gasteiger partial charge on any atom is -0.383 e. The molecule has 2 nitrogen and oxygen atoms in total. The molecule has 0 spiro atoms.